The summed E-state index contributed by atoms with van der Waals surface area (Å²) in [5.74, 6) is -0.547. The summed E-state index contributed by atoms with van der Waals surface area (Å²) < 4.78 is 6.37. The molecule has 0 aliphatic heterocycles. The molecule has 18 heavy (non-hydrogen) atoms. The van der Waals surface area contributed by atoms with Gasteiger partial charge in [0.15, 0.2) is 0 Å². The van der Waals surface area contributed by atoms with Gasteiger partial charge in [-0.3, -0.25) is 0 Å². The Balaban J connectivity index is 2.41. The van der Waals surface area contributed by atoms with E-state index in [-0.39, 0.29) is 17.1 Å². The number of carboxylic acid groups (broad SMARTS) is 1. The molecule has 0 aliphatic carbocycles. The summed E-state index contributed by atoms with van der Waals surface area (Å²) in [7, 11) is 0. The molecule has 6 heteroatoms. The van der Waals surface area contributed by atoms with Gasteiger partial charge in [-0.05, 0) is 40.8 Å². The van der Waals surface area contributed by atoms with Crippen molar-refractivity contribution < 1.29 is 14.6 Å². The second-order valence-corrected chi connectivity index (χ2v) is 4.62. The number of anilines is 1. The van der Waals surface area contributed by atoms with Gasteiger partial charge in [0.2, 0.25) is 5.88 Å². The van der Waals surface area contributed by atoms with Crippen LogP contribution in [0.5, 0.6) is 11.6 Å². The summed E-state index contributed by atoms with van der Waals surface area (Å²) in [4.78, 5) is 15.0. The first kappa shape index (κ1) is 12.6. The van der Waals surface area contributed by atoms with E-state index in [1.165, 1.54) is 12.3 Å². The molecule has 1 aromatic heterocycles. The second kappa shape index (κ2) is 5.21. The van der Waals surface area contributed by atoms with Gasteiger partial charge in [-0.2, -0.15) is 0 Å². The summed E-state index contributed by atoms with van der Waals surface area (Å²) in [5, 5.41) is 9.06. The predicted octanol–water partition coefficient (Wildman–Crippen LogP) is 2.76. The number of nitrogen functional groups attached to an aromatic ring is 1. The van der Waals surface area contributed by atoms with Crippen molar-refractivity contribution in [3.05, 3.63) is 45.7 Å². The number of benzene rings is 1. The van der Waals surface area contributed by atoms with Crippen molar-refractivity contribution in [2.45, 2.75) is 0 Å². The van der Waals surface area contributed by atoms with Gasteiger partial charge in [-0.1, -0.05) is 12.1 Å². The number of nitrogens with two attached hydrogens (primary N) is 1. The van der Waals surface area contributed by atoms with E-state index < -0.39 is 5.97 Å². The van der Waals surface area contributed by atoms with E-state index in [0.717, 1.165) is 3.57 Å². The highest BCUT2D eigenvalue weighted by Gasteiger charge is 2.15. The molecular weight excluding hydrogens is 347 g/mol. The molecule has 2 rings (SSSR count). The van der Waals surface area contributed by atoms with Gasteiger partial charge in [-0.25, -0.2) is 9.78 Å². The molecule has 3 N–H and O–H groups in total. The number of nitrogens with zero attached hydrogens (tertiary/aromatic N) is 1. The lowest BCUT2D eigenvalue weighted by Crippen LogP contribution is -2.04. The van der Waals surface area contributed by atoms with Crippen LogP contribution >= 0.6 is 22.6 Å². The smallest absolute Gasteiger partial charge is 0.341 e. The summed E-state index contributed by atoms with van der Waals surface area (Å²) in [6, 6.07) is 8.58. The van der Waals surface area contributed by atoms with Crippen LogP contribution in [0.15, 0.2) is 36.5 Å². The van der Waals surface area contributed by atoms with Crippen LogP contribution in [0.3, 0.4) is 0 Å². The number of halogens is 1. The SMILES string of the molecule is Nc1cnc(Oc2ccccc2I)c(C(=O)O)c1. The fourth-order valence-corrected chi connectivity index (χ4v) is 1.83. The summed E-state index contributed by atoms with van der Waals surface area (Å²) in [6.07, 6.45) is 1.36. The number of aromatic carboxylic acids is 1. The maximum Gasteiger partial charge on any atom is 0.341 e. The molecule has 0 atom stereocenters. The average molecular weight is 356 g/mol. The molecule has 0 radical (unpaired) electrons. The molecular formula is C12H9IN2O3. The van der Waals surface area contributed by atoms with Gasteiger partial charge in [0.25, 0.3) is 0 Å². The average Bonchev–Trinajstić information content (AvgIpc) is 2.34. The number of ether oxygens (including phenoxy) is 1. The Morgan fingerprint density at radius 1 is 1.39 bits per heavy atom. The molecule has 0 spiro atoms. The monoisotopic (exact) mass is 356 g/mol. The number of para-hydroxylation sites is 1. The fraction of sp³-hybridized carbons (Fsp3) is 0. The quantitative estimate of drug-likeness (QED) is 0.826. The van der Waals surface area contributed by atoms with Gasteiger partial charge in [0.1, 0.15) is 11.3 Å². The number of pyridine rings is 1. The van der Waals surface area contributed by atoms with Crippen molar-refractivity contribution in [1.82, 2.24) is 4.98 Å². The second-order valence-electron chi connectivity index (χ2n) is 3.46. The number of hydrogen-bond donors (Lipinski definition) is 2. The Morgan fingerprint density at radius 3 is 2.78 bits per heavy atom. The van der Waals surface area contributed by atoms with Crippen molar-refractivity contribution in [2.24, 2.45) is 0 Å². The van der Waals surface area contributed by atoms with Crippen molar-refractivity contribution in [3.8, 4) is 11.6 Å². The van der Waals surface area contributed by atoms with Gasteiger partial charge >= 0.3 is 5.97 Å². The maximum atomic E-state index is 11.1. The van der Waals surface area contributed by atoms with E-state index in [2.05, 4.69) is 27.6 Å². The predicted molar refractivity (Wildman–Crippen MR) is 74.8 cm³/mol. The first-order valence-corrected chi connectivity index (χ1v) is 6.07. The molecule has 2 aromatic rings. The van der Waals surface area contributed by atoms with E-state index in [1.54, 1.807) is 12.1 Å². The van der Waals surface area contributed by atoms with Crippen molar-refractivity contribution in [2.75, 3.05) is 5.73 Å². The van der Waals surface area contributed by atoms with Crippen LogP contribution in [-0.4, -0.2) is 16.1 Å². The lowest BCUT2D eigenvalue weighted by Gasteiger charge is -2.09. The molecule has 0 bridgehead atoms. The first-order valence-electron chi connectivity index (χ1n) is 4.99. The van der Waals surface area contributed by atoms with Crippen LogP contribution in [0.4, 0.5) is 5.69 Å². The zero-order valence-corrected chi connectivity index (χ0v) is 11.3. The third-order valence-corrected chi connectivity index (χ3v) is 3.04. The minimum absolute atomic E-state index is 0.0285. The van der Waals surface area contributed by atoms with Crippen LogP contribution in [0, 0.1) is 3.57 Å². The lowest BCUT2D eigenvalue weighted by atomic mass is 10.2. The first-order chi connectivity index (χ1) is 8.58. The van der Waals surface area contributed by atoms with Crippen LogP contribution in [-0.2, 0) is 0 Å². The molecule has 0 fully saturated rings. The summed E-state index contributed by atoms with van der Waals surface area (Å²) in [5.41, 5.74) is 5.73. The third-order valence-electron chi connectivity index (χ3n) is 2.15. The van der Waals surface area contributed by atoms with Crippen molar-refractivity contribution in [1.29, 1.82) is 0 Å². The highest BCUT2D eigenvalue weighted by molar-refractivity contribution is 14.1. The molecule has 0 saturated heterocycles. The van der Waals surface area contributed by atoms with Crippen LogP contribution in [0.25, 0.3) is 0 Å². The topological polar surface area (TPSA) is 85.4 Å². The fourth-order valence-electron chi connectivity index (χ4n) is 1.33. The van der Waals surface area contributed by atoms with Crippen molar-refractivity contribution in [3.63, 3.8) is 0 Å². The summed E-state index contributed by atoms with van der Waals surface area (Å²) >= 11 is 2.10. The molecule has 1 heterocycles. The Hall–Kier alpha value is -1.83. The van der Waals surface area contributed by atoms with E-state index in [4.69, 9.17) is 15.6 Å². The minimum atomic E-state index is -1.13. The number of hydrogen-bond acceptors (Lipinski definition) is 4. The van der Waals surface area contributed by atoms with Gasteiger partial charge in [-0.15, -0.1) is 0 Å². The van der Waals surface area contributed by atoms with Crippen LogP contribution in [0.2, 0.25) is 0 Å². The molecule has 1 aromatic carbocycles. The third kappa shape index (κ3) is 2.70. The molecule has 0 unspecified atom stereocenters. The molecule has 92 valence electrons. The van der Waals surface area contributed by atoms with Gasteiger partial charge in [0.05, 0.1) is 15.5 Å². The maximum absolute atomic E-state index is 11.1. The number of rotatable bonds is 3. The van der Waals surface area contributed by atoms with E-state index >= 15 is 0 Å². The molecule has 0 saturated carbocycles. The zero-order valence-electron chi connectivity index (χ0n) is 9.13. The Labute approximate surface area is 117 Å². The minimum Gasteiger partial charge on any atom is -0.477 e. The molecule has 0 aliphatic rings. The van der Waals surface area contributed by atoms with Crippen molar-refractivity contribution >= 4 is 34.2 Å². The van der Waals surface area contributed by atoms with Crippen LogP contribution in [0.1, 0.15) is 10.4 Å². The summed E-state index contributed by atoms with van der Waals surface area (Å²) in [6.45, 7) is 0. The Morgan fingerprint density at radius 2 is 2.11 bits per heavy atom. The van der Waals surface area contributed by atoms with Crippen LogP contribution < -0.4 is 10.5 Å². The highest BCUT2D eigenvalue weighted by Crippen LogP contribution is 2.28. The lowest BCUT2D eigenvalue weighted by molar-refractivity contribution is 0.0693. The largest absolute Gasteiger partial charge is 0.477 e. The number of carboxylic acids is 1. The van der Waals surface area contributed by atoms with Gasteiger partial charge < -0.3 is 15.6 Å². The standard InChI is InChI=1S/C12H9IN2O3/c13-9-3-1-2-4-10(9)18-11-8(12(16)17)5-7(14)6-15-11/h1-6H,14H2,(H,16,17). The Kier molecular flexibility index (Phi) is 3.66. The van der Waals surface area contributed by atoms with E-state index in [1.807, 2.05) is 12.1 Å². The Bertz CT molecular complexity index is 602. The normalized spacial score (nSPS) is 10.1. The number of aromatic nitrogens is 1. The highest BCUT2D eigenvalue weighted by atomic mass is 127. The molecule has 5 nitrogen and oxygen atoms in total. The van der Waals surface area contributed by atoms with E-state index in [0.29, 0.717) is 5.75 Å². The zero-order chi connectivity index (χ0) is 13.1. The van der Waals surface area contributed by atoms with E-state index in [9.17, 15) is 4.79 Å². The number of carbonyl (C=O) groups is 1. The van der Waals surface area contributed by atoms with Gasteiger partial charge in [0, 0.05) is 0 Å². The molecule has 0 amide bonds.